The molecule has 0 unspecified atom stereocenters. The maximum absolute atomic E-state index is 12.2. The lowest BCUT2D eigenvalue weighted by Gasteiger charge is -2.09. The van der Waals surface area contributed by atoms with Gasteiger partial charge in [0.05, 0.1) is 37.9 Å². The zero-order valence-electron chi connectivity index (χ0n) is 11.4. The van der Waals surface area contributed by atoms with Crippen molar-refractivity contribution < 1.29 is 9.47 Å². The van der Waals surface area contributed by atoms with E-state index < -0.39 is 0 Å². The molecule has 102 valence electrons. The fourth-order valence-corrected chi connectivity index (χ4v) is 1.83. The Morgan fingerprint density at radius 1 is 1.37 bits per heavy atom. The van der Waals surface area contributed by atoms with Crippen molar-refractivity contribution in [2.75, 3.05) is 13.7 Å². The lowest BCUT2D eigenvalue weighted by Crippen LogP contribution is -2.25. The molecule has 0 aliphatic heterocycles. The Balaban J connectivity index is 2.28. The molecule has 0 amide bonds. The van der Waals surface area contributed by atoms with Gasteiger partial charge < -0.3 is 9.47 Å². The molecule has 0 aliphatic rings. The van der Waals surface area contributed by atoms with E-state index in [-0.39, 0.29) is 11.7 Å². The molecule has 1 aromatic heterocycles. The van der Waals surface area contributed by atoms with Crippen molar-refractivity contribution in [3.63, 3.8) is 0 Å². The predicted octanol–water partition coefficient (Wildman–Crippen LogP) is 1.83. The van der Waals surface area contributed by atoms with Crippen LogP contribution in [0.5, 0.6) is 5.75 Å². The van der Waals surface area contributed by atoms with Crippen molar-refractivity contribution >= 4 is 10.8 Å². The maximum atomic E-state index is 12.2. The zero-order chi connectivity index (χ0) is 13.8. The summed E-state index contributed by atoms with van der Waals surface area (Å²) in [6.07, 6.45) is 1.83. The van der Waals surface area contributed by atoms with Gasteiger partial charge >= 0.3 is 0 Å². The molecule has 0 atom stereocenters. The average molecular weight is 262 g/mol. The van der Waals surface area contributed by atoms with Gasteiger partial charge in [-0.05, 0) is 32.0 Å². The second kappa shape index (κ2) is 5.84. The Kier molecular flexibility index (Phi) is 4.16. The molecule has 1 heterocycles. The normalized spacial score (nSPS) is 11.2. The standard InChI is InChI=1S/C14H18N2O3/c1-10(2)19-7-6-16-14(17)13-5-4-12(18-3)8-11(13)9-15-16/h4-5,8-10H,6-7H2,1-3H3. The van der Waals surface area contributed by atoms with Crippen LogP contribution in [0.25, 0.3) is 10.8 Å². The number of ether oxygens (including phenoxy) is 2. The van der Waals surface area contributed by atoms with Gasteiger partial charge in [-0.3, -0.25) is 4.79 Å². The molecule has 0 saturated heterocycles. The minimum absolute atomic E-state index is 0.104. The van der Waals surface area contributed by atoms with E-state index in [0.29, 0.717) is 18.5 Å². The summed E-state index contributed by atoms with van der Waals surface area (Å²) < 4.78 is 12.0. The minimum atomic E-state index is -0.104. The highest BCUT2D eigenvalue weighted by Crippen LogP contribution is 2.16. The fourth-order valence-electron chi connectivity index (χ4n) is 1.83. The molecular formula is C14H18N2O3. The molecule has 2 rings (SSSR count). The van der Waals surface area contributed by atoms with Crippen LogP contribution in [0.15, 0.2) is 29.2 Å². The van der Waals surface area contributed by atoms with Crippen molar-refractivity contribution in [1.29, 1.82) is 0 Å². The van der Waals surface area contributed by atoms with Crippen LogP contribution < -0.4 is 10.3 Å². The summed E-state index contributed by atoms with van der Waals surface area (Å²) in [6, 6.07) is 5.34. The molecule has 0 saturated carbocycles. The summed E-state index contributed by atoms with van der Waals surface area (Å²) in [6.45, 7) is 4.86. The number of rotatable bonds is 5. The molecule has 0 N–H and O–H groups in total. The van der Waals surface area contributed by atoms with Gasteiger partial charge in [-0.2, -0.15) is 5.10 Å². The largest absolute Gasteiger partial charge is 0.497 e. The van der Waals surface area contributed by atoms with E-state index in [1.54, 1.807) is 31.5 Å². The van der Waals surface area contributed by atoms with Crippen LogP contribution in [-0.2, 0) is 11.3 Å². The van der Waals surface area contributed by atoms with Crippen molar-refractivity contribution in [1.82, 2.24) is 9.78 Å². The molecule has 2 aromatic rings. The van der Waals surface area contributed by atoms with E-state index in [1.807, 2.05) is 13.8 Å². The first kappa shape index (κ1) is 13.5. The number of hydrogen-bond donors (Lipinski definition) is 0. The van der Waals surface area contributed by atoms with Gasteiger partial charge in [0.25, 0.3) is 5.56 Å². The summed E-state index contributed by atoms with van der Waals surface area (Å²) >= 11 is 0. The Labute approximate surface area is 111 Å². The predicted molar refractivity (Wildman–Crippen MR) is 73.6 cm³/mol. The van der Waals surface area contributed by atoms with E-state index in [1.165, 1.54) is 4.68 Å². The first-order chi connectivity index (χ1) is 9.11. The van der Waals surface area contributed by atoms with Crippen molar-refractivity contribution in [2.45, 2.75) is 26.5 Å². The average Bonchev–Trinajstić information content (AvgIpc) is 2.40. The lowest BCUT2D eigenvalue weighted by atomic mass is 10.2. The summed E-state index contributed by atoms with van der Waals surface area (Å²) in [7, 11) is 1.60. The molecule has 0 bridgehead atoms. The van der Waals surface area contributed by atoms with Crippen molar-refractivity contribution in [2.24, 2.45) is 0 Å². The smallest absolute Gasteiger partial charge is 0.274 e. The van der Waals surface area contributed by atoms with Gasteiger partial charge in [0, 0.05) is 5.39 Å². The van der Waals surface area contributed by atoms with Crippen LogP contribution in [0.1, 0.15) is 13.8 Å². The molecule has 0 radical (unpaired) electrons. The topological polar surface area (TPSA) is 53.4 Å². The third kappa shape index (κ3) is 3.12. The molecule has 19 heavy (non-hydrogen) atoms. The summed E-state index contributed by atoms with van der Waals surface area (Å²) in [4.78, 5) is 12.2. The monoisotopic (exact) mass is 262 g/mol. The number of methoxy groups -OCH3 is 1. The molecule has 0 fully saturated rings. The van der Waals surface area contributed by atoms with Crippen LogP contribution >= 0.6 is 0 Å². The highest BCUT2D eigenvalue weighted by Gasteiger charge is 2.05. The van der Waals surface area contributed by atoms with Gasteiger partial charge in [-0.1, -0.05) is 0 Å². The van der Waals surface area contributed by atoms with E-state index in [4.69, 9.17) is 9.47 Å². The molecule has 0 spiro atoms. The Hall–Kier alpha value is -1.88. The number of nitrogens with zero attached hydrogens (tertiary/aromatic N) is 2. The van der Waals surface area contributed by atoms with Crippen LogP contribution in [0.4, 0.5) is 0 Å². The molecule has 5 heteroatoms. The highest BCUT2D eigenvalue weighted by atomic mass is 16.5. The summed E-state index contributed by atoms with van der Waals surface area (Å²) in [5.41, 5.74) is -0.104. The Bertz CT molecular complexity index is 620. The summed E-state index contributed by atoms with van der Waals surface area (Å²) in [5.74, 6) is 0.717. The van der Waals surface area contributed by atoms with Gasteiger partial charge in [0.2, 0.25) is 0 Å². The number of fused-ring (bicyclic) bond motifs is 1. The van der Waals surface area contributed by atoms with Crippen molar-refractivity contribution in [3.05, 3.63) is 34.7 Å². The van der Waals surface area contributed by atoms with Gasteiger partial charge in [0.15, 0.2) is 0 Å². The van der Waals surface area contributed by atoms with Crippen LogP contribution in [-0.4, -0.2) is 29.6 Å². The Morgan fingerprint density at radius 2 is 2.16 bits per heavy atom. The molecular weight excluding hydrogens is 244 g/mol. The van der Waals surface area contributed by atoms with E-state index >= 15 is 0 Å². The van der Waals surface area contributed by atoms with E-state index in [0.717, 1.165) is 11.1 Å². The molecule has 1 aromatic carbocycles. The van der Waals surface area contributed by atoms with Crippen molar-refractivity contribution in [3.8, 4) is 5.75 Å². The van der Waals surface area contributed by atoms with E-state index in [2.05, 4.69) is 5.10 Å². The SMILES string of the molecule is COc1ccc2c(=O)n(CCOC(C)C)ncc2c1. The van der Waals surface area contributed by atoms with Gasteiger partial charge in [-0.15, -0.1) is 0 Å². The van der Waals surface area contributed by atoms with Gasteiger partial charge in [0.1, 0.15) is 5.75 Å². The second-order valence-electron chi connectivity index (χ2n) is 4.55. The lowest BCUT2D eigenvalue weighted by molar-refractivity contribution is 0.0703. The third-order valence-electron chi connectivity index (χ3n) is 2.81. The highest BCUT2D eigenvalue weighted by molar-refractivity contribution is 5.82. The van der Waals surface area contributed by atoms with E-state index in [9.17, 15) is 4.79 Å². The number of aromatic nitrogens is 2. The first-order valence-electron chi connectivity index (χ1n) is 6.27. The fraction of sp³-hybridized carbons (Fsp3) is 0.429. The van der Waals surface area contributed by atoms with Crippen LogP contribution in [0.3, 0.4) is 0 Å². The van der Waals surface area contributed by atoms with Gasteiger partial charge in [-0.25, -0.2) is 4.68 Å². The number of benzene rings is 1. The second-order valence-corrected chi connectivity index (χ2v) is 4.55. The van der Waals surface area contributed by atoms with Crippen LogP contribution in [0.2, 0.25) is 0 Å². The molecule has 0 aliphatic carbocycles. The zero-order valence-corrected chi connectivity index (χ0v) is 11.4. The number of hydrogen-bond acceptors (Lipinski definition) is 4. The summed E-state index contributed by atoms with van der Waals surface area (Å²) in [5, 5.41) is 5.57. The first-order valence-corrected chi connectivity index (χ1v) is 6.27. The van der Waals surface area contributed by atoms with Crippen LogP contribution in [0, 0.1) is 0 Å². The quantitative estimate of drug-likeness (QED) is 0.825. The molecule has 5 nitrogen and oxygen atoms in total. The third-order valence-corrected chi connectivity index (χ3v) is 2.81. The maximum Gasteiger partial charge on any atom is 0.274 e. The Morgan fingerprint density at radius 3 is 2.84 bits per heavy atom. The minimum Gasteiger partial charge on any atom is -0.497 e.